The van der Waals surface area contributed by atoms with Crippen LogP contribution in [-0.4, -0.2) is 33.0 Å². The molecule has 0 aliphatic carbocycles. The molecular weight excluding hydrogens is 452 g/mol. The Morgan fingerprint density at radius 2 is 1.72 bits per heavy atom. The van der Waals surface area contributed by atoms with Crippen LogP contribution < -0.4 is 10.1 Å². The van der Waals surface area contributed by atoms with Crippen molar-refractivity contribution in [3.63, 3.8) is 0 Å². The van der Waals surface area contributed by atoms with Gasteiger partial charge in [-0.2, -0.15) is 0 Å². The van der Waals surface area contributed by atoms with E-state index in [1.54, 1.807) is 7.11 Å². The maximum Gasteiger partial charge on any atom is 0.237 e. The third-order valence-electron chi connectivity index (χ3n) is 4.29. The second-order valence-electron chi connectivity index (χ2n) is 6.75. The minimum Gasteiger partial charge on any atom is -0.497 e. The van der Waals surface area contributed by atoms with Crippen LogP contribution in [0.25, 0.3) is 11.4 Å². The fourth-order valence-electron chi connectivity index (χ4n) is 2.75. The predicted molar refractivity (Wildman–Crippen MR) is 120 cm³/mol. The Morgan fingerprint density at radius 1 is 1.07 bits per heavy atom. The third kappa shape index (κ3) is 5.19. The standard InChI is InChI=1S/C21H23BrN4O2S/c1-13(2)26-19(15-5-11-18(28-4)12-6-15)24-25-21(26)29-14(3)20(27)23-17-9-7-16(22)8-10-17/h5-14H,1-4H3,(H,23,27)/t14-/m0/s1. The van der Waals surface area contributed by atoms with Crippen LogP contribution in [0, 0.1) is 0 Å². The average Bonchev–Trinajstić information content (AvgIpc) is 3.13. The molecule has 0 saturated heterocycles. The average molecular weight is 475 g/mol. The first kappa shape index (κ1) is 21.4. The van der Waals surface area contributed by atoms with E-state index in [1.807, 2.05) is 55.5 Å². The van der Waals surface area contributed by atoms with E-state index in [4.69, 9.17) is 4.74 Å². The zero-order chi connectivity index (χ0) is 21.0. The number of hydrogen-bond donors (Lipinski definition) is 1. The number of ether oxygens (including phenoxy) is 1. The number of nitrogens with zero attached hydrogens (tertiary/aromatic N) is 3. The highest BCUT2D eigenvalue weighted by Crippen LogP contribution is 2.31. The van der Waals surface area contributed by atoms with Crippen LogP contribution in [0.5, 0.6) is 5.75 Å². The molecule has 1 aromatic heterocycles. The Bertz CT molecular complexity index is 971. The van der Waals surface area contributed by atoms with Crippen LogP contribution in [0.3, 0.4) is 0 Å². The predicted octanol–water partition coefficient (Wildman–Crippen LogP) is 5.42. The Balaban J connectivity index is 1.78. The van der Waals surface area contributed by atoms with Gasteiger partial charge in [-0.05, 0) is 69.3 Å². The summed E-state index contributed by atoms with van der Waals surface area (Å²) in [5, 5.41) is 12.1. The first-order chi connectivity index (χ1) is 13.9. The molecule has 2 aromatic carbocycles. The van der Waals surface area contributed by atoms with Crippen LogP contribution in [0.2, 0.25) is 0 Å². The van der Waals surface area contributed by atoms with Gasteiger partial charge >= 0.3 is 0 Å². The lowest BCUT2D eigenvalue weighted by atomic mass is 10.2. The Morgan fingerprint density at radius 3 is 2.31 bits per heavy atom. The van der Waals surface area contributed by atoms with Gasteiger partial charge < -0.3 is 10.1 Å². The van der Waals surface area contributed by atoms with Crippen molar-refractivity contribution in [2.45, 2.75) is 37.2 Å². The van der Waals surface area contributed by atoms with Gasteiger partial charge in [0.2, 0.25) is 5.91 Å². The van der Waals surface area contributed by atoms with Gasteiger partial charge in [-0.3, -0.25) is 9.36 Å². The molecule has 1 N–H and O–H groups in total. The Kier molecular flexibility index (Phi) is 6.97. The topological polar surface area (TPSA) is 69.0 Å². The Hall–Kier alpha value is -2.32. The summed E-state index contributed by atoms with van der Waals surface area (Å²) < 4.78 is 8.25. The summed E-state index contributed by atoms with van der Waals surface area (Å²) in [5.41, 5.74) is 1.71. The van der Waals surface area contributed by atoms with Crippen molar-refractivity contribution >= 4 is 39.3 Å². The molecule has 152 valence electrons. The number of benzene rings is 2. The maximum atomic E-state index is 12.6. The summed E-state index contributed by atoms with van der Waals surface area (Å²) in [6, 6.07) is 15.4. The van der Waals surface area contributed by atoms with Gasteiger partial charge in [-0.1, -0.05) is 27.7 Å². The molecule has 6 nitrogen and oxygen atoms in total. The number of thioether (sulfide) groups is 1. The molecule has 1 heterocycles. The fourth-order valence-corrected chi connectivity index (χ4v) is 3.99. The van der Waals surface area contributed by atoms with Gasteiger partial charge in [0.1, 0.15) is 5.75 Å². The van der Waals surface area contributed by atoms with Crippen LogP contribution in [-0.2, 0) is 4.79 Å². The van der Waals surface area contributed by atoms with Crippen LogP contribution in [0.15, 0.2) is 58.2 Å². The lowest BCUT2D eigenvalue weighted by molar-refractivity contribution is -0.115. The number of hydrogen-bond acceptors (Lipinski definition) is 5. The zero-order valence-corrected chi connectivity index (χ0v) is 19.1. The van der Waals surface area contributed by atoms with E-state index in [0.717, 1.165) is 27.3 Å². The number of carbonyl (C=O) groups excluding carboxylic acids is 1. The van der Waals surface area contributed by atoms with E-state index in [1.165, 1.54) is 11.8 Å². The highest BCUT2D eigenvalue weighted by Gasteiger charge is 2.22. The first-order valence-electron chi connectivity index (χ1n) is 9.21. The molecule has 0 bridgehead atoms. The molecule has 0 fully saturated rings. The molecule has 0 aliphatic heterocycles. The largest absolute Gasteiger partial charge is 0.497 e. The van der Waals surface area contributed by atoms with Gasteiger partial charge in [0.05, 0.1) is 12.4 Å². The lowest BCUT2D eigenvalue weighted by Crippen LogP contribution is -2.23. The molecule has 1 atom stereocenters. The molecule has 29 heavy (non-hydrogen) atoms. The molecule has 0 radical (unpaired) electrons. The second-order valence-corrected chi connectivity index (χ2v) is 8.98. The summed E-state index contributed by atoms with van der Waals surface area (Å²) in [6.45, 7) is 6.02. The van der Waals surface area contributed by atoms with E-state index >= 15 is 0 Å². The van der Waals surface area contributed by atoms with Crippen LogP contribution in [0.4, 0.5) is 5.69 Å². The third-order valence-corrected chi connectivity index (χ3v) is 5.88. The van der Waals surface area contributed by atoms with Crippen molar-refractivity contribution in [3.05, 3.63) is 53.0 Å². The van der Waals surface area contributed by atoms with Gasteiger partial charge in [0.15, 0.2) is 11.0 Å². The zero-order valence-electron chi connectivity index (χ0n) is 16.7. The van der Waals surface area contributed by atoms with Crippen LogP contribution >= 0.6 is 27.7 Å². The van der Waals surface area contributed by atoms with E-state index in [-0.39, 0.29) is 17.2 Å². The minimum absolute atomic E-state index is 0.0818. The SMILES string of the molecule is COc1ccc(-c2nnc(S[C@@H](C)C(=O)Nc3ccc(Br)cc3)n2C(C)C)cc1. The maximum absolute atomic E-state index is 12.6. The monoisotopic (exact) mass is 474 g/mol. The number of aromatic nitrogens is 3. The van der Waals surface area contributed by atoms with Gasteiger partial charge in [0, 0.05) is 21.8 Å². The summed E-state index contributed by atoms with van der Waals surface area (Å²) in [5.74, 6) is 1.48. The summed E-state index contributed by atoms with van der Waals surface area (Å²) in [6.07, 6.45) is 0. The van der Waals surface area contributed by atoms with Gasteiger partial charge in [-0.25, -0.2) is 0 Å². The molecule has 0 unspecified atom stereocenters. The van der Waals surface area contributed by atoms with Gasteiger partial charge in [-0.15, -0.1) is 10.2 Å². The van der Waals surface area contributed by atoms with E-state index in [2.05, 4.69) is 49.9 Å². The molecule has 0 aliphatic rings. The number of nitrogens with one attached hydrogen (secondary N) is 1. The van der Waals surface area contributed by atoms with Crippen molar-refractivity contribution < 1.29 is 9.53 Å². The number of carbonyl (C=O) groups is 1. The number of anilines is 1. The first-order valence-corrected chi connectivity index (χ1v) is 10.9. The van der Waals surface area contributed by atoms with E-state index in [9.17, 15) is 4.79 Å². The number of amides is 1. The van der Waals surface area contributed by atoms with E-state index in [0.29, 0.717) is 5.16 Å². The minimum atomic E-state index is -0.330. The molecule has 0 saturated carbocycles. The Labute approximate surface area is 183 Å². The van der Waals surface area contributed by atoms with Crippen molar-refractivity contribution in [3.8, 4) is 17.1 Å². The van der Waals surface area contributed by atoms with E-state index < -0.39 is 0 Å². The highest BCUT2D eigenvalue weighted by molar-refractivity contribution is 9.10. The molecule has 3 aromatic rings. The molecule has 8 heteroatoms. The molecule has 3 rings (SSSR count). The second kappa shape index (κ2) is 9.45. The summed E-state index contributed by atoms with van der Waals surface area (Å²) in [4.78, 5) is 12.6. The lowest BCUT2D eigenvalue weighted by Gasteiger charge is -2.16. The number of methoxy groups -OCH3 is 1. The van der Waals surface area contributed by atoms with Crippen LogP contribution in [0.1, 0.15) is 26.8 Å². The molecular formula is C21H23BrN4O2S. The number of rotatable bonds is 7. The van der Waals surface area contributed by atoms with Crippen molar-refractivity contribution in [1.29, 1.82) is 0 Å². The smallest absolute Gasteiger partial charge is 0.237 e. The summed E-state index contributed by atoms with van der Waals surface area (Å²) >= 11 is 4.79. The summed E-state index contributed by atoms with van der Waals surface area (Å²) in [7, 11) is 1.64. The van der Waals surface area contributed by atoms with Gasteiger partial charge in [0.25, 0.3) is 0 Å². The quantitative estimate of drug-likeness (QED) is 0.463. The molecule has 0 spiro atoms. The van der Waals surface area contributed by atoms with Crippen molar-refractivity contribution in [2.24, 2.45) is 0 Å². The fraction of sp³-hybridized carbons (Fsp3) is 0.286. The van der Waals surface area contributed by atoms with Crippen molar-refractivity contribution in [2.75, 3.05) is 12.4 Å². The highest BCUT2D eigenvalue weighted by atomic mass is 79.9. The normalized spacial score (nSPS) is 12.1. The number of halogens is 1. The van der Waals surface area contributed by atoms with Crippen molar-refractivity contribution in [1.82, 2.24) is 14.8 Å². The molecule has 1 amide bonds.